The zero-order valence-electron chi connectivity index (χ0n) is 11.4. The quantitative estimate of drug-likeness (QED) is 0.848. The third-order valence-corrected chi connectivity index (χ3v) is 4.44. The lowest BCUT2D eigenvalue weighted by Gasteiger charge is -2.18. The Hall–Kier alpha value is -0.870. The van der Waals surface area contributed by atoms with Crippen LogP contribution in [-0.4, -0.2) is 19.4 Å². The number of carbonyl (C=O) groups is 1. The molecule has 1 aromatic rings. The molecule has 0 aliphatic heterocycles. The minimum atomic E-state index is 0.0959. The van der Waals surface area contributed by atoms with Crippen LogP contribution in [0.5, 0.6) is 5.75 Å². The van der Waals surface area contributed by atoms with Crippen molar-refractivity contribution in [3.63, 3.8) is 0 Å². The van der Waals surface area contributed by atoms with Crippen molar-refractivity contribution >= 4 is 21.7 Å². The Labute approximate surface area is 117 Å². The zero-order valence-corrected chi connectivity index (χ0v) is 13.0. The molecule has 0 fully saturated rings. The van der Waals surface area contributed by atoms with E-state index in [-0.39, 0.29) is 5.78 Å². The average molecular weight is 314 g/mol. The maximum Gasteiger partial charge on any atom is 0.166 e. The molecular weight excluding hydrogens is 294 g/mol. The van der Waals surface area contributed by atoms with Crippen LogP contribution in [0.1, 0.15) is 39.9 Å². The molecule has 100 valence electrons. The fourth-order valence-electron chi connectivity index (χ4n) is 2.06. The summed E-state index contributed by atoms with van der Waals surface area (Å²) in [4.78, 5) is 12.3. The fraction of sp³-hybridized carbons (Fsp3) is 0.500. The smallest absolute Gasteiger partial charge is 0.166 e. The molecule has 2 N–H and O–H groups in total. The lowest BCUT2D eigenvalue weighted by molar-refractivity contribution is 0.0977. The molecule has 1 aromatic carbocycles. The number of benzene rings is 1. The van der Waals surface area contributed by atoms with E-state index < -0.39 is 0 Å². The molecule has 3 nitrogen and oxygen atoms in total. The molecule has 0 aliphatic carbocycles. The van der Waals surface area contributed by atoms with Gasteiger partial charge in [-0.2, -0.15) is 0 Å². The molecule has 0 unspecified atom stereocenters. The number of hydrogen-bond acceptors (Lipinski definition) is 3. The summed E-state index contributed by atoms with van der Waals surface area (Å²) in [6.45, 7) is 6.45. The number of rotatable bonds is 5. The maximum absolute atomic E-state index is 12.3. The molecule has 0 heterocycles. The number of hydrogen-bond donors (Lipinski definition) is 1. The molecule has 0 saturated carbocycles. The molecule has 0 saturated heterocycles. The third-order valence-electron chi connectivity index (χ3n) is 3.25. The van der Waals surface area contributed by atoms with Crippen LogP contribution in [-0.2, 0) is 0 Å². The lowest BCUT2D eigenvalue weighted by atomic mass is 9.94. The number of halogens is 1. The highest BCUT2D eigenvalue weighted by atomic mass is 79.9. The Kier molecular flexibility index (Phi) is 5.35. The molecule has 0 bridgehead atoms. The molecule has 18 heavy (non-hydrogen) atoms. The van der Waals surface area contributed by atoms with Crippen LogP contribution in [0.4, 0.5) is 0 Å². The highest BCUT2D eigenvalue weighted by molar-refractivity contribution is 9.10. The predicted octanol–water partition coefficient (Wildman–Crippen LogP) is 3.30. The Bertz CT molecular complexity index is 470. The topological polar surface area (TPSA) is 52.3 Å². The normalized spacial score (nSPS) is 10.6. The largest absolute Gasteiger partial charge is 0.496 e. The highest BCUT2D eigenvalue weighted by Crippen LogP contribution is 2.36. The van der Waals surface area contributed by atoms with Crippen molar-refractivity contribution in [1.82, 2.24) is 0 Å². The van der Waals surface area contributed by atoms with Crippen molar-refractivity contribution in [2.24, 2.45) is 5.73 Å². The summed E-state index contributed by atoms with van der Waals surface area (Å²) in [5, 5.41) is 0. The van der Waals surface area contributed by atoms with Crippen LogP contribution in [0, 0.1) is 20.8 Å². The summed E-state index contributed by atoms with van der Waals surface area (Å²) in [6, 6.07) is 0. The van der Waals surface area contributed by atoms with Crippen LogP contribution in [0.3, 0.4) is 0 Å². The van der Waals surface area contributed by atoms with Gasteiger partial charge in [-0.15, -0.1) is 0 Å². The van der Waals surface area contributed by atoms with Gasteiger partial charge in [-0.05, 0) is 50.4 Å². The van der Waals surface area contributed by atoms with Crippen molar-refractivity contribution in [3.05, 3.63) is 26.7 Å². The van der Waals surface area contributed by atoms with Crippen LogP contribution in [0.2, 0.25) is 0 Å². The van der Waals surface area contributed by atoms with Crippen LogP contribution < -0.4 is 10.5 Å². The Morgan fingerprint density at radius 1 is 1.22 bits per heavy atom. The summed E-state index contributed by atoms with van der Waals surface area (Å²) in [5.74, 6) is 0.786. The summed E-state index contributed by atoms with van der Waals surface area (Å²) >= 11 is 3.55. The van der Waals surface area contributed by atoms with Crippen molar-refractivity contribution in [1.29, 1.82) is 0 Å². The monoisotopic (exact) mass is 313 g/mol. The summed E-state index contributed by atoms with van der Waals surface area (Å²) in [7, 11) is 1.61. The van der Waals surface area contributed by atoms with Gasteiger partial charge in [0.15, 0.2) is 5.78 Å². The first-order valence-electron chi connectivity index (χ1n) is 6.02. The molecule has 0 spiro atoms. The van der Waals surface area contributed by atoms with Crippen LogP contribution >= 0.6 is 15.9 Å². The summed E-state index contributed by atoms with van der Waals surface area (Å²) in [6.07, 6.45) is 1.16. The second kappa shape index (κ2) is 6.34. The van der Waals surface area contributed by atoms with E-state index in [1.54, 1.807) is 7.11 Å². The first-order chi connectivity index (χ1) is 8.45. The van der Waals surface area contributed by atoms with Crippen molar-refractivity contribution in [3.8, 4) is 5.75 Å². The van der Waals surface area contributed by atoms with Gasteiger partial charge in [0.1, 0.15) is 5.75 Å². The Balaban J connectivity index is 3.37. The van der Waals surface area contributed by atoms with Crippen molar-refractivity contribution in [2.75, 3.05) is 13.7 Å². The summed E-state index contributed by atoms with van der Waals surface area (Å²) < 4.78 is 6.40. The fourth-order valence-corrected chi connectivity index (χ4v) is 2.56. The number of carbonyl (C=O) groups excluding carboxylic acids is 1. The van der Waals surface area contributed by atoms with Gasteiger partial charge in [-0.3, -0.25) is 4.79 Å². The highest BCUT2D eigenvalue weighted by Gasteiger charge is 2.21. The van der Waals surface area contributed by atoms with Gasteiger partial charge >= 0.3 is 0 Å². The predicted molar refractivity (Wildman–Crippen MR) is 77.5 cm³/mol. The Morgan fingerprint density at radius 2 is 1.83 bits per heavy atom. The minimum absolute atomic E-state index is 0.0959. The van der Waals surface area contributed by atoms with Gasteiger partial charge in [0.25, 0.3) is 0 Å². The maximum atomic E-state index is 12.3. The number of ketones is 1. The molecule has 0 radical (unpaired) electrons. The van der Waals surface area contributed by atoms with E-state index >= 15 is 0 Å². The van der Waals surface area contributed by atoms with Gasteiger partial charge in [0.2, 0.25) is 0 Å². The van der Waals surface area contributed by atoms with E-state index in [0.717, 1.165) is 21.2 Å². The lowest BCUT2D eigenvalue weighted by Crippen LogP contribution is -2.10. The van der Waals surface area contributed by atoms with Crippen molar-refractivity contribution < 1.29 is 9.53 Å². The van der Waals surface area contributed by atoms with Gasteiger partial charge in [0.05, 0.1) is 12.7 Å². The first kappa shape index (κ1) is 15.2. The molecule has 0 aromatic heterocycles. The standard InChI is InChI=1S/C14H20BrNO2/c1-8-9(2)14(18-4)12(10(3)13(8)15)11(17)6-5-7-16/h5-7,16H2,1-4H3. The van der Waals surface area contributed by atoms with E-state index in [1.165, 1.54) is 0 Å². The summed E-state index contributed by atoms with van der Waals surface area (Å²) in [5.41, 5.74) is 9.19. The second-order valence-electron chi connectivity index (χ2n) is 4.41. The van der Waals surface area contributed by atoms with Gasteiger partial charge < -0.3 is 10.5 Å². The number of nitrogens with two attached hydrogens (primary N) is 1. The minimum Gasteiger partial charge on any atom is -0.496 e. The van der Waals surface area contributed by atoms with Gasteiger partial charge in [-0.25, -0.2) is 0 Å². The van der Waals surface area contributed by atoms with Gasteiger partial charge in [-0.1, -0.05) is 15.9 Å². The van der Waals surface area contributed by atoms with Crippen LogP contribution in [0.15, 0.2) is 4.47 Å². The van der Waals surface area contributed by atoms with E-state index in [2.05, 4.69) is 15.9 Å². The van der Waals surface area contributed by atoms with E-state index in [9.17, 15) is 4.79 Å². The number of ether oxygens (including phenoxy) is 1. The van der Waals surface area contributed by atoms with Crippen LogP contribution in [0.25, 0.3) is 0 Å². The molecule has 0 amide bonds. The second-order valence-corrected chi connectivity index (χ2v) is 5.21. The molecule has 4 heteroatoms. The Morgan fingerprint density at radius 3 is 2.33 bits per heavy atom. The first-order valence-corrected chi connectivity index (χ1v) is 6.81. The molecule has 0 aliphatic rings. The van der Waals surface area contributed by atoms with E-state index in [1.807, 2.05) is 20.8 Å². The van der Waals surface area contributed by atoms with E-state index in [4.69, 9.17) is 10.5 Å². The van der Waals surface area contributed by atoms with Gasteiger partial charge in [0, 0.05) is 10.9 Å². The SMILES string of the molecule is COc1c(C)c(C)c(Br)c(C)c1C(=O)CCCN. The number of methoxy groups -OCH3 is 1. The zero-order chi connectivity index (χ0) is 13.9. The van der Waals surface area contributed by atoms with Crippen molar-refractivity contribution in [2.45, 2.75) is 33.6 Å². The molecule has 0 atom stereocenters. The molecule has 1 rings (SSSR count). The average Bonchev–Trinajstić information content (AvgIpc) is 2.37. The molecular formula is C14H20BrNO2. The number of Topliss-reactive ketones (excluding diaryl/α,β-unsaturated/α-hetero) is 1. The third kappa shape index (κ3) is 2.75. The van der Waals surface area contributed by atoms with E-state index in [0.29, 0.717) is 30.7 Å².